The molecule has 6 heteroatoms. The molecule has 138 valence electrons. The van der Waals surface area contributed by atoms with Crippen molar-refractivity contribution in [2.24, 2.45) is 5.92 Å². The molecule has 26 heavy (non-hydrogen) atoms. The number of aromatic amines is 1. The number of aromatic nitrogens is 3. The molecule has 1 aliphatic carbocycles. The van der Waals surface area contributed by atoms with Crippen molar-refractivity contribution in [3.05, 3.63) is 41.5 Å². The Morgan fingerprint density at radius 1 is 1.35 bits per heavy atom. The topological polar surface area (TPSA) is 71.1 Å². The van der Waals surface area contributed by atoms with E-state index >= 15 is 0 Å². The predicted octanol–water partition coefficient (Wildman–Crippen LogP) is 2.71. The van der Waals surface area contributed by atoms with Gasteiger partial charge >= 0.3 is 0 Å². The Bertz CT molecular complexity index is 769. The number of aryl methyl sites for hydroxylation is 1. The van der Waals surface area contributed by atoms with Gasteiger partial charge in [0.1, 0.15) is 11.6 Å². The molecule has 1 saturated heterocycles. The lowest BCUT2D eigenvalue weighted by Gasteiger charge is -2.16. The summed E-state index contributed by atoms with van der Waals surface area (Å²) in [5.41, 5.74) is 1.14. The van der Waals surface area contributed by atoms with E-state index in [4.69, 9.17) is 4.74 Å². The second kappa shape index (κ2) is 7.48. The molecule has 0 bridgehead atoms. The quantitative estimate of drug-likeness (QED) is 0.830. The number of rotatable bonds is 7. The number of likely N-dealkylation sites (tertiary alicyclic amines) is 1. The number of hydrogen-bond acceptors (Lipinski definition) is 4. The van der Waals surface area contributed by atoms with Gasteiger partial charge in [0.15, 0.2) is 5.82 Å². The van der Waals surface area contributed by atoms with Crippen molar-refractivity contribution < 1.29 is 9.53 Å². The summed E-state index contributed by atoms with van der Waals surface area (Å²) >= 11 is 0. The molecule has 2 aliphatic rings. The number of carbonyl (C=O) groups excluding carboxylic acids is 1. The van der Waals surface area contributed by atoms with Gasteiger partial charge in [0.25, 0.3) is 0 Å². The third kappa shape index (κ3) is 4.06. The summed E-state index contributed by atoms with van der Waals surface area (Å²) < 4.78 is 5.24. The second-order valence-electron chi connectivity index (χ2n) is 7.46. The molecule has 2 fully saturated rings. The summed E-state index contributed by atoms with van der Waals surface area (Å²) in [5.74, 6) is 4.10. The van der Waals surface area contributed by atoms with Crippen molar-refractivity contribution in [1.82, 2.24) is 20.1 Å². The molecular weight excluding hydrogens is 328 g/mol. The van der Waals surface area contributed by atoms with E-state index < -0.39 is 0 Å². The van der Waals surface area contributed by atoms with E-state index in [2.05, 4.69) is 15.2 Å². The van der Waals surface area contributed by atoms with Crippen LogP contribution in [0.15, 0.2) is 24.3 Å². The van der Waals surface area contributed by atoms with Crippen LogP contribution in [0.4, 0.5) is 0 Å². The second-order valence-corrected chi connectivity index (χ2v) is 7.46. The van der Waals surface area contributed by atoms with E-state index in [-0.39, 0.29) is 5.91 Å². The lowest BCUT2D eigenvalue weighted by atomic mass is 10.0. The van der Waals surface area contributed by atoms with Crippen LogP contribution < -0.4 is 4.74 Å². The number of nitrogens with one attached hydrogen (secondary N) is 1. The standard InChI is InChI=1S/C20H26N4O2/c1-26-17-4-2-3-14(11-17)5-8-19(25)24-10-9-15(13-24)12-18-21-20(23-22-18)16-6-7-16/h2-4,11,15-16H,5-10,12-13H2,1H3,(H,21,22,23). The van der Waals surface area contributed by atoms with E-state index in [1.165, 1.54) is 12.8 Å². The number of H-pyrrole nitrogens is 1. The Hall–Kier alpha value is -2.37. The minimum Gasteiger partial charge on any atom is -0.497 e. The van der Waals surface area contributed by atoms with Crippen molar-refractivity contribution in [1.29, 1.82) is 0 Å². The van der Waals surface area contributed by atoms with Crippen LogP contribution in [-0.4, -0.2) is 46.2 Å². The zero-order valence-corrected chi connectivity index (χ0v) is 15.3. The molecule has 1 unspecified atom stereocenters. The van der Waals surface area contributed by atoms with Crippen molar-refractivity contribution >= 4 is 5.91 Å². The van der Waals surface area contributed by atoms with Crippen LogP contribution in [0.3, 0.4) is 0 Å². The van der Waals surface area contributed by atoms with Crippen LogP contribution in [0.5, 0.6) is 5.75 Å². The Labute approximate surface area is 154 Å². The molecular formula is C20H26N4O2. The number of ether oxygens (including phenoxy) is 1. The van der Waals surface area contributed by atoms with Gasteiger partial charge in [-0.1, -0.05) is 12.1 Å². The first-order valence-electron chi connectivity index (χ1n) is 9.53. The molecule has 1 saturated carbocycles. The highest BCUT2D eigenvalue weighted by Crippen LogP contribution is 2.37. The maximum absolute atomic E-state index is 12.5. The highest BCUT2D eigenvalue weighted by Gasteiger charge is 2.30. The lowest BCUT2D eigenvalue weighted by Crippen LogP contribution is -2.29. The van der Waals surface area contributed by atoms with Gasteiger partial charge in [-0.2, -0.15) is 5.10 Å². The van der Waals surface area contributed by atoms with Gasteiger partial charge in [-0.05, 0) is 49.3 Å². The summed E-state index contributed by atoms with van der Waals surface area (Å²) in [4.78, 5) is 19.2. The van der Waals surface area contributed by atoms with Gasteiger partial charge in [-0.15, -0.1) is 0 Å². The number of nitrogens with zero attached hydrogens (tertiary/aromatic N) is 3. The highest BCUT2D eigenvalue weighted by atomic mass is 16.5. The number of benzene rings is 1. The van der Waals surface area contributed by atoms with Crippen molar-refractivity contribution in [2.45, 2.75) is 44.4 Å². The van der Waals surface area contributed by atoms with Crippen molar-refractivity contribution in [2.75, 3.05) is 20.2 Å². The van der Waals surface area contributed by atoms with Crippen LogP contribution in [0, 0.1) is 5.92 Å². The molecule has 4 rings (SSSR count). The molecule has 2 aromatic rings. The number of carbonyl (C=O) groups is 1. The first-order chi connectivity index (χ1) is 12.7. The fourth-order valence-electron chi connectivity index (χ4n) is 3.66. The van der Waals surface area contributed by atoms with Crippen LogP contribution in [-0.2, 0) is 17.6 Å². The summed E-state index contributed by atoms with van der Waals surface area (Å²) in [5, 5.41) is 7.40. The summed E-state index contributed by atoms with van der Waals surface area (Å²) in [6, 6.07) is 7.94. The van der Waals surface area contributed by atoms with Crippen LogP contribution >= 0.6 is 0 Å². The lowest BCUT2D eigenvalue weighted by molar-refractivity contribution is -0.130. The minimum absolute atomic E-state index is 0.242. The smallest absolute Gasteiger partial charge is 0.222 e. The first kappa shape index (κ1) is 17.1. The van der Waals surface area contributed by atoms with E-state index in [0.717, 1.165) is 55.3 Å². The molecule has 1 N–H and O–H groups in total. The molecule has 1 aromatic heterocycles. The van der Waals surface area contributed by atoms with Crippen LogP contribution in [0.2, 0.25) is 0 Å². The summed E-state index contributed by atoms with van der Waals surface area (Å²) in [6.07, 6.45) is 5.68. The first-order valence-corrected chi connectivity index (χ1v) is 9.53. The van der Waals surface area contributed by atoms with Gasteiger partial charge in [-0.3, -0.25) is 9.89 Å². The molecule has 0 radical (unpaired) electrons. The van der Waals surface area contributed by atoms with E-state index in [9.17, 15) is 4.79 Å². The van der Waals surface area contributed by atoms with Gasteiger partial charge in [0, 0.05) is 31.8 Å². The fraction of sp³-hybridized carbons (Fsp3) is 0.550. The third-order valence-electron chi connectivity index (χ3n) is 5.37. The largest absolute Gasteiger partial charge is 0.497 e. The Balaban J connectivity index is 1.25. The normalized spacial score (nSPS) is 19.7. The average Bonchev–Trinajstić information content (AvgIpc) is 3.23. The van der Waals surface area contributed by atoms with Gasteiger partial charge in [0.05, 0.1) is 7.11 Å². The molecule has 6 nitrogen and oxygen atoms in total. The van der Waals surface area contributed by atoms with Gasteiger partial charge in [0.2, 0.25) is 5.91 Å². The average molecular weight is 354 g/mol. The summed E-state index contributed by atoms with van der Waals surface area (Å²) in [7, 11) is 1.66. The molecule has 2 heterocycles. The van der Waals surface area contributed by atoms with E-state index in [1.807, 2.05) is 29.2 Å². The van der Waals surface area contributed by atoms with Crippen LogP contribution in [0.1, 0.15) is 48.8 Å². The SMILES string of the molecule is COc1cccc(CCC(=O)N2CCC(Cc3nc(C4CC4)n[nH]3)C2)c1. The van der Waals surface area contributed by atoms with E-state index in [1.54, 1.807) is 7.11 Å². The molecule has 0 spiro atoms. The van der Waals surface area contributed by atoms with Gasteiger partial charge in [-0.25, -0.2) is 4.98 Å². The number of amides is 1. The maximum Gasteiger partial charge on any atom is 0.222 e. The Kier molecular flexibility index (Phi) is 4.91. The maximum atomic E-state index is 12.5. The molecule has 1 atom stereocenters. The zero-order valence-electron chi connectivity index (χ0n) is 15.3. The van der Waals surface area contributed by atoms with Gasteiger partial charge < -0.3 is 9.64 Å². The minimum atomic E-state index is 0.242. The number of hydrogen-bond donors (Lipinski definition) is 1. The third-order valence-corrected chi connectivity index (χ3v) is 5.37. The van der Waals surface area contributed by atoms with Crippen molar-refractivity contribution in [3.8, 4) is 5.75 Å². The monoisotopic (exact) mass is 354 g/mol. The Morgan fingerprint density at radius 3 is 3.04 bits per heavy atom. The van der Waals surface area contributed by atoms with E-state index in [0.29, 0.717) is 18.3 Å². The van der Waals surface area contributed by atoms with Crippen molar-refractivity contribution in [3.63, 3.8) is 0 Å². The molecule has 1 aliphatic heterocycles. The zero-order chi connectivity index (χ0) is 17.9. The summed E-state index contributed by atoms with van der Waals surface area (Å²) in [6.45, 7) is 1.68. The highest BCUT2D eigenvalue weighted by molar-refractivity contribution is 5.76. The molecule has 1 aromatic carbocycles. The fourth-order valence-corrected chi connectivity index (χ4v) is 3.66. The predicted molar refractivity (Wildman–Crippen MR) is 98.1 cm³/mol. The van der Waals surface area contributed by atoms with Crippen LogP contribution in [0.25, 0.3) is 0 Å². The molecule has 1 amide bonds. The Morgan fingerprint density at radius 2 is 2.23 bits per heavy atom. The number of methoxy groups -OCH3 is 1.